The number of benzene rings is 2. The van der Waals surface area contributed by atoms with Crippen molar-refractivity contribution in [3.05, 3.63) is 58.9 Å². The SMILES string of the molecule is C=CC(=O)N1CCN2Cc3cc(C#CC)c(-c4c(O)cccc4Cl)c(F)c3OCC2C1. The van der Waals surface area contributed by atoms with Crippen molar-refractivity contribution in [2.45, 2.75) is 19.5 Å². The fourth-order valence-corrected chi connectivity index (χ4v) is 4.45. The van der Waals surface area contributed by atoms with Crippen LogP contribution in [0.1, 0.15) is 18.1 Å². The Balaban J connectivity index is 1.78. The molecule has 4 rings (SSSR count). The maximum atomic E-state index is 15.8. The average Bonchev–Trinajstić information content (AvgIpc) is 2.94. The van der Waals surface area contributed by atoms with Gasteiger partial charge in [-0.05, 0) is 31.2 Å². The number of hydrogen-bond donors (Lipinski definition) is 1. The maximum absolute atomic E-state index is 15.8. The standard InChI is InChI=1S/C24H22ClFN2O3/c1-3-6-15-11-16-12-27-9-10-28(20(30)4-2)13-17(27)14-31-24(16)23(26)21(15)22-18(25)7-5-8-19(22)29/h4-5,7-8,11,17,29H,2,9-10,12-14H2,1H3. The fraction of sp³-hybridized carbons (Fsp3) is 0.292. The number of halogens is 2. The van der Waals surface area contributed by atoms with Gasteiger partial charge in [0.1, 0.15) is 12.4 Å². The van der Waals surface area contributed by atoms with Gasteiger partial charge in [0.2, 0.25) is 5.91 Å². The lowest BCUT2D eigenvalue weighted by atomic mass is 9.95. The Morgan fingerprint density at radius 3 is 2.90 bits per heavy atom. The summed E-state index contributed by atoms with van der Waals surface area (Å²) < 4.78 is 21.8. The van der Waals surface area contributed by atoms with E-state index in [-0.39, 0.29) is 46.2 Å². The third-order valence-electron chi connectivity index (χ3n) is 5.68. The zero-order valence-electron chi connectivity index (χ0n) is 17.1. The van der Waals surface area contributed by atoms with Crippen LogP contribution in [-0.4, -0.2) is 53.1 Å². The molecule has 2 aliphatic heterocycles. The Labute approximate surface area is 185 Å². The lowest BCUT2D eigenvalue weighted by molar-refractivity contribution is -0.129. The van der Waals surface area contributed by atoms with Crippen LogP contribution in [0.5, 0.6) is 11.5 Å². The van der Waals surface area contributed by atoms with Gasteiger partial charge in [0.05, 0.1) is 11.1 Å². The second-order valence-corrected chi connectivity index (χ2v) is 7.94. The number of fused-ring (bicyclic) bond motifs is 2. The van der Waals surface area contributed by atoms with Crippen LogP contribution in [0.3, 0.4) is 0 Å². The molecule has 0 radical (unpaired) electrons. The minimum atomic E-state index is -0.600. The van der Waals surface area contributed by atoms with Gasteiger partial charge < -0.3 is 14.7 Å². The molecule has 1 atom stereocenters. The molecular weight excluding hydrogens is 419 g/mol. The molecule has 1 saturated heterocycles. The van der Waals surface area contributed by atoms with Crippen LogP contribution in [0.4, 0.5) is 4.39 Å². The van der Waals surface area contributed by atoms with E-state index in [4.69, 9.17) is 16.3 Å². The third kappa shape index (κ3) is 3.87. The quantitative estimate of drug-likeness (QED) is 0.570. The highest BCUT2D eigenvalue weighted by molar-refractivity contribution is 6.33. The summed E-state index contributed by atoms with van der Waals surface area (Å²) in [6.45, 7) is 7.64. The van der Waals surface area contributed by atoms with Crippen molar-refractivity contribution in [2.24, 2.45) is 0 Å². The van der Waals surface area contributed by atoms with Crippen LogP contribution in [0.25, 0.3) is 11.1 Å². The van der Waals surface area contributed by atoms with Crippen LogP contribution >= 0.6 is 11.6 Å². The zero-order chi connectivity index (χ0) is 22.1. The molecule has 0 spiro atoms. The van der Waals surface area contributed by atoms with Gasteiger partial charge in [-0.15, -0.1) is 5.92 Å². The molecule has 2 aromatic carbocycles. The summed E-state index contributed by atoms with van der Waals surface area (Å²) in [5.41, 5.74) is 1.43. The summed E-state index contributed by atoms with van der Waals surface area (Å²) in [5.74, 6) is 5.04. The Morgan fingerprint density at radius 1 is 1.39 bits per heavy atom. The molecule has 1 amide bonds. The Kier molecular flexibility index (Phi) is 5.90. The molecule has 0 aromatic heterocycles. The molecule has 2 aromatic rings. The van der Waals surface area contributed by atoms with E-state index in [0.717, 1.165) is 0 Å². The number of nitrogens with zero attached hydrogens (tertiary/aromatic N) is 2. The van der Waals surface area contributed by atoms with Crippen molar-refractivity contribution in [3.63, 3.8) is 0 Å². The predicted octanol–water partition coefficient (Wildman–Crippen LogP) is 3.81. The smallest absolute Gasteiger partial charge is 0.246 e. The molecule has 160 valence electrons. The topological polar surface area (TPSA) is 53.0 Å². The molecule has 0 aliphatic carbocycles. The van der Waals surface area contributed by atoms with Crippen molar-refractivity contribution in [1.82, 2.24) is 9.80 Å². The number of carbonyl (C=O) groups is 1. The highest BCUT2D eigenvalue weighted by Crippen LogP contribution is 2.43. The number of aromatic hydroxyl groups is 1. The van der Waals surface area contributed by atoms with E-state index in [2.05, 4.69) is 23.3 Å². The van der Waals surface area contributed by atoms with Gasteiger partial charge >= 0.3 is 0 Å². The molecule has 1 fully saturated rings. The van der Waals surface area contributed by atoms with Crippen molar-refractivity contribution < 1.29 is 19.0 Å². The van der Waals surface area contributed by atoms with E-state index in [9.17, 15) is 9.90 Å². The Hall–Kier alpha value is -3.01. The van der Waals surface area contributed by atoms with Gasteiger partial charge in [0, 0.05) is 48.4 Å². The molecule has 1 N–H and O–H groups in total. The molecule has 7 heteroatoms. The minimum Gasteiger partial charge on any atom is -0.507 e. The molecular formula is C24H22ClFN2O3. The number of hydrogen-bond acceptors (Lipinski definition) is 4. The van der Waals surface area contributed by atoms with Crippen LogP contribution in [-0.2, 0) is 11.3 Å². The molecule has 1 unspecified atom stereocenters. The molecule has 5 nitrogen and oxygen atoms in total. The minimum absolute atomic E-state index is 0.0673. The first kappa shape index (κ1) is 21.2. The third-order valence-corrected chi connectivity index (χ3v) is 6.00. The van der Waals surface area contributed by atoms with E-state index in [1.807, 2.05) is 0 Å². The summed E-state index contributed by atoms with van der Waals surface area (Å²) in [6.07, 6.45) is 1.31. The maximum Gasteiger partial charge on any atom is 0.246 e. The zero-order valence-corrected chi connectivity index (χ0v) is 17.9. The van der Waals surface area contributed by atoms with Gasteiger partial charge in [-0.2, -0.15) is 0 Å². The number of rotatable bonds is 2. The van der Waals surface area contributed by atoms with Gasteiger partial charge in [-0.3, -0.25) is 9.69 Å². The summed E-state index contributed by atoms with van der Waals surface area (Å²) in [4.78, 5) is 15.9. The molecule has 31 heavy (non-hydrogen) atoms. The van der Waals surface area contributed by atoms with E-state index in [0.29, 0.717) is 37.3 Å². The van der Waals surface area contributed by atoms with E-state index in [1.54, 1.807) is 30.0 Å². The number of piperazine rings is 1. The van der Waals surface area contributed by atoms with E-state index >= 15 is 4.39 Å². The first-order chi connectivity index (χ1) is 14.9. The van der Waals surface area contributed by atoms with Crippen LogP contribution in [0.15, 0.2) is 36.9 Å². The predicted molar refractivity (Wildman–Crippen MR) is 118 cm³/mol. The summed E-state index contributed by atoms with van der Waals surface area (Å²) in [6, 6.07) is 6.39. The van der Waals surface area contributed by atoms with Crippen molar-refractivity contribution in [3.8, 4) is 34.5 Å². The Bertz CT molecular complexity index is 1100. The van der Waals surface area contributed by atoms with Gasteiger partial charge in [0.25, 0.3) is 0 Å². The number of ether oxygens (including phenoxy) is 1. The fourth-order valence-electron chi connectivity index (χ4n) is 4.18. The first-order valence-electron chi connectivity index (χ1n) is 9.98. The van der Waals surface area contributed by atoms with Gasteiger partial charge in [-0.1, -0.05) is 30.2 Å². The van der Waals surface area contributed by atoms with Crippen molar-refractivity contribution >= 4 is 17.5 Å². The van der Waals surface area contributed by atoms with E-state index in [1.165, 1.54) is 12.1 Å². The van der Waals surface area contributed by atoms with Crippen molar-refractivity contribution in [1.29, 1.82) is 0 Å². The summed E-state index contributed by atoms with van der Waals surface area (Å²) in [5, 5.41) is 10.6. The van der Waals surface area contributed by atoms with Crippen LogP contribution in [0.2, 0.25) is 5.02 Å². The monoisotopic (exact) mass is 440 g/mol. The lowest BCUT2D eigenvalue weighted by Gasteiger charge is -2.39. The number of amides is 1. The first-order valence-corrected chi connectivity index (χ1v) is 10.4. The largest absolute Gasteiger partial charge is 0.507 e. The van der Waals surface area contributed by atoms with Gasteiger partial charge in [-0.25, -0.2) is 4.39 Å². The summed E-state index contributed by atoms with van der Waals surface area (Å²) >= 11 is 6.31. The second kappa shape index (κ2) is 8.62. The summed E-state index contributed by atoms with van der Waals surface area (Å²) in [7, 11) is 0. The molecule has 2 heterocycles. The van der Waals surface area contributed by atoms with E-state index < -0.39 is 5.82 Å². The van der Waals surface area contributed by atoms with Gasteiger partial charge in [0.15, 0.2) is 11.6 Å². The number of phenolic OH excluding ortho intramolecular Hbond substituents is 1. The lowest BCUT2D eigenvalue weighted by Crippen LogP contribution is -2.55. The van der Waals surface area contributed by atoms with Crippen LogP contribution in [0, 0.1) is 17.7 Å². The second-order valence-electron chi connectivity index (χ2n) is 7.53. The number of carbonyl (C=O) groups excluding carboxylic acids is 1. The average molecular weight is 441 g/mol. The van der Waals surface area contributed by atoms with Crippen molar-refractivity contribution in [2.75, 3.05) is 26.2 Å². The highest BCUT2D eigenvalue weighted by Gasteiger charge is 2.34. The normalized spacial score (nSPS) is 18.0. The highest BCUT2D eigenvalue weighted by atomic mass is 35.5. The molecule has 0 bridgehead atoms. The molecule has 2 aliphatic rings. The number of phenols is 1. The Morgan fingerprint density at radius 2 is 2.19 bits per heavy atom. The molecule has 0 saturated carbocycles. The van der Waals surface area contributed by atoms with Crippen LogP contribution < -0.4 is 4.74 Å².